The topological polar surface area (TPSA) is 98.1 Å². The highest BCUT2D eigenvalue weighted by Gasteiger charge is 2.17. The SMILES string of the molecule is CCc1ccc(O[C@@H](C)C(=O)NCc2nnc(SCC(=O)Nc3ccc(C)c(C)c3)n2C)cc1. The van der Waals surface area contributed by atoms with Crippen LogP contribution in [0.1, 0.15) is 36.4 Å². The molecule has 180 valence electrons. The van der Waals surface area contributed by atoms with Crippen LogP contribution in [0.5, 0.6) is 5.75 Å². The number of carbonyl (C=O) groups is 2. The smallest absolute Gasteiger partial charge is 0.261 e. The summed E-state index contributed by atoms with van der Waals surface area (Å²) in [6.07, 6.45) is 0.300. The lowest BCUT2D eigenvalue weighted by Crippen LogP contribution is -2.36. The fourth-order valence-corrected chi connectivity index (χ4v) is 3.87. The molecule has 0 radical (unpaired) electrons. The highest BCUT2D eigenvalue weighted by molar-refractivity contribution is 7.99. The van der Waals surface area contributed by atoms with E-state index in [4.69, 9.17) is 4.74 Å². The monoisotopic (exact) mass is 481 g/mol. The summed E-state index contributed by atoms with van der Waals surface area (Å²) in [6, 6.07) is 13.5. The maximum atomic E-state index is 12.4. The van der Waals surface area contributed by atoms with Crippen LogP contribution in [0, 0.1) is 13.8 Å². The first-order valence-corrected chi connectivity index (χ1v) is 12.2. The Balaban J connectivity index is 1.47. The van der Waals surface area contributed by atoms with Crippen molar-refractivity contribution in [3.8, 4) is 5.75 Å². The number of nitrogens with one attached hydrogen (secondary N) is 2. The average Bonchev–Trinajstić information content (AvgIpc) is 3.18. The van der Waals surface area contributed by atoms with Crippen LogP contribution in [-0.4, -0.2) is 38.4 Å². The molecule has 2 amide bonds. The van der Waals surface area contributed by atoms with Gasteiger partial charge in [-0.3, -0.25) is 9.59 Å². The Morgan fingerprint density at radius 2 is 1.82 bits per heavy atom. The van der Waals surface area contributed by atoms with Crippen molar-refractivity contribution in [2.24, 2.45) is 7.05 Å². The third-order valence-electron chi connectivity index (χ3n) is 5.48. The quantitative estimate of drug-likeness (QED) is 0.428. The van der Waals surface area contributed by atoms with Crippen molar-refractivity contribution in [2.45, 2.75) is 51.9 Å². The van der Waals surface area contributed by atoms with Crippen LogP contribution >= 0.6 is 11.8 Å². The largest absolute Gasteiger partial charge is 0.481 e. The molecule has 0 aliphatic carbocycles. The zero-order valence-corrected chi connectivity index (χ0v) is 21.0. The lowest BCUT2D eigenvalue weighted by molar-refractivity contribution is -0.127. The van der Waals surface area contributed by atoms with E-state index >= 15 is 0 Å². The number of hydrogen-bond donors (Lipinski definition) is 2. The van der Waals surface area contributed by atoms with Gasteiger partial charge in [0.25, 0.3) is 5.91 Å². The highest BCUT2D eigenvalue weighted by Crippen LogP contribution is 2.18. The minimum atomic E-state index is -0.649. The Kier molecular flexibility index (Phi) is 8.70. The Bertz CT molecular complexity index is 1140. The summed E-state index contributed by atoms with van der Waals surface area (Å²) in [5.41, 5.74) is 4.29. The molecule has 9 heteroatoms. The van der Waals surface area contributed by atoms with E-state index in [9.17, 15) is 9.59 Å². The summed E-state index contributed by atoms with van der Waals surface area (Å²) in [5, 5.41) is 14.6. The van der Waals surface area contributed by atoms with Crippen molar-refractivity contribution < 1.29 is 14.3 Å². The standard InChI is InChI=1S/C25H31N5O3S/c1-6-19-8-11-21(12-9-19)33-18(4)24(32)26-14-22-28-29-25(30(22)5)34-15-23(31)27-20-10-7-16(2)17(3)13-20/h7-13,18H,6,14-15H2,1-5H3,(H,26,32)(H,27,31)/t18-/m0/s1. The van der Waals surface area contributed by atoms with Crippen LogP contribution in [0.15, 0.2) is 47.6 Å². The second-order valence-corrected chi connectivity index (χ2v) is 9.01. The van der Waals surface area contributed by atoms with Gasteiger partial charge in [-0.25, -0.2) is 0 Å². The molecular weight excluding hydrogens is 450 g/mol. The van der Waals surface area contributed by atoms with E-state index in [-0.39, 0.29) is 24.1 Å². The molecule has 0 spiro atoms. The van der Waals surface area contributed by atoms with Gasteiger partial charge in [0, 0.05) is 12.7 Å². The number of carbonyl (C=O) groups excluding carboxylic acids is 2. The second-order valence-electron chi connectivity index (χ2n) is 8.07. The number of thioether (sulfide) groups is 1. The lowest BCUT2D eigenvalue weighted by atomic mass is 10.1. The van der Waals surface area contributed by atoms with E-state index in [1.54, 1.807) is 18.5 Å². The van der Waals surface area contributed by atoms with E-state index in [1.165, 1.54) is 22.9 Å². The molecule has 0 bridgehead atoms. The second kappa shape index (κ2) is 11.7. The van der Waals surface area contributed by atoms with Gasteiger partial charge in [0.2, 0.25) is 5.91 Å². The molecule has 2 aromatic carbocycles. The Hall–Kier alpha value is -3.33. The summed E-state index contributed by atoms with van der Waals surface area (Å²) < 4.78 is 7.49. The van der Waals surface area contributed by atoms with Crippen LogP contribution in [-0.2, 0) is 29.6 Å². The Labute approximate surface area is 204 Å². The van der Waals surface area contributed by atoms with Gasteiger partial charge in [-0.2, -0.15) is 0 Å². The van der Waals surface area contributed by atoms with E-state index < -0.39 is 6.10 Å². The van der Waals surface area contributed by atoms with Crippen LogP contribution < -0.4 is 15.4 Å². The summed E-state index contributed by atoms with van der Waals surface area (Å²) in [4.78, 5) is 24.8. The molecule has 0 aliphatic rings. The van der Waals surface area contributed by atoms with Gasteiger partial charge in [0.05, 0.1) is 12.3 Å². The number of nitrogens with zero attached hydrogens (tertiary/aromatic N) is 3. The number of benzene rings is 2. The Morgan fingerprint density at radius 1 is 1.09 bits per heavy atom. The minimum Gasteiger partial charge on any atom is -0.481 e. The minimum absolute atomic E-state index is 0.121. The van der Waals surface area contributed by atoms with Crippen molar-refractivity contribution in [2.75, 3.05) is 11.1 Å². The van der Waals surface area contributed by atoms with Gasteiger partial charge >= 0.3 is 0 Å². The molecule has 0 unspecified atom stereocenters. The number of rotatable bonds is 10. The number of hydrogen-bond acceptors (Lipinski definition) is 6. The molecule has 3 rings (SSSR count). The molecular formula is C25H31N5O3S. The predicted molar refractivity (Wildman–Crippen MR) is 134 cm³/mol. The summed E-state index contributed by atoms with van der Waals surface area (Å²) >= 11 is 1.29. The first kappa shape index (κ1) is 25.3. The average molecular weight is 482 g/mol. The van der Waals surface area contributed by atoms with Crippen molar-refractivity contribution >= 4 is 29.3 Å². The number of amides is 2. The fraction of sp³-hybridized carbons (Fsp3) is 0.360. The van der Waals surface area contributed by atoms with Crippen molar-refractivity contribution in [3.05, 3.63) is 65.0 Å². The van der Waals surface area contributed by atoms with Crippen molar-refractivity contribution in [3.63, 3.8) is 0 Å². The number of anilines is 1. The Morgan fingerprint density at radius 3 is 2.50 bits per heavy atom. The molecule has 0 saturated carbocycles. The zero-order chi connectivity index (χ0) is 24.7. The van der Waals surface area contributed by atoms with Gasteiger partial charge in [0.1, 0.15) is 5.75 Å². The first-order valence-electron chi connectivity index (χ1n) is 11.2. The van der Waals surface area contributed by atoms with E-state index in [0.29, 0.717) is 16.7 Å². The molecule has 2 N–H and O–H groups in total. The molecule has 0 fully saturated rings. The molecule has 3 aromatic rings. The van der Waals surface area contributed by atoms with Crippen LogP contribution in [0.2, 0.25) is 0 Å². The normalized spacial score (nSPS) is 11.7. The highest BCUT2D eigenvalue weighted by atomic mass is 32.2. The molecule has 1 heterocycles. The van der Waals surface area contributed by atoms with E-state index in [2.05, 4.69) is 27.8 Å². The molecule has 1 aromatic heterocycles. The van der Waals surface area contributed by atoms with Crippen LogP contribution in [0.3, 0.4) is 0 Å². The molecule has 1 atom stereocenters. The summed E-state index contributed by atoms with van der Waals surface area (Å²) in [5.74, 6) is 1.07. The fourth-order valence-electron chi connectivity index (χ4n) is 3.14. The zero-order valence-electron chi connectivity index (χ0n) is 20.2. The van der Waals surface area contributed by atoms with Gasteiger partial charge < -0.3 is 19.9 Å². The van der Waals surface area contributed by atoms with E-state index in [0.717, 1.165) is 17.7 Å². The number of aryl methyl sites for hydroxylation is 3. The number of aromatic nitrogens is 3. The maximum absolute atomic E-state index is 12.4. The van der Waals surface area contributed by atoms with Gasteiger partial charge in [0.15, 0.2) is 17.1 Å². The van der Waals surface area contributed by atoms with Gasteiger partial charge in [-0.05, 0) is 68.1 Å². The third kappa shape index (κ3) is 6.84. The van der Waals surface area contributed by atoms with Crippen molar-refractivity contribution in [1.29, 1.82) is 0 Å². The summed E-state index contributed by atoms with van der Waals surface area (Å²) in [6.45, 7) is 8.04. The van der Waals surface area contributed by atoms with Gasteiger partial charge in [-0.1, -0.05) is 36.9 Å². The van der Waals surface area contributed by atoms with Gasteiger partial charge in [-0.15, -0.1) is 10.2 Å². The third-order valence-corrected chi connectivity index (χ3v) is 6.50. The van der Waals surface area contributed by atoms with Crippen LogP contribution in [0.4, 0.5) is 5.69 Å². The number of ether oxygens (including phenoxy) is 1. The predicted octanol–water partition coefficient (Wildman–Crippen LogP) is 3.81. The molecule has 0 aliphatic heterocycles. The van der Waals surface area contributed by atoms with Crippen molar-refractivity contribution in [1.82, 2.24) is 20.1 Å². The molecule has 34 heavy (non-hydrogen) atoms. The molecule has 8 nitrogen and oxygen atoms in total. The lowest BCUT2D eigenvalue weighted by Gasteiger charge is -2.15. The van der Waals surface area contributed by atoms with E-state index in [1.807, 2.05) is 56.3 Å². The first-order chi connectivity index (χ1) is 16.3. The summed E-state index contributed by atoms with van der Waals surface area (Å²) in [7, 11) is 1.81. The van der Waals surface area contributed by atoms with Crippen LogP contribution in [0.25, 0.3) is 0 Å². The molecule has 0 saturated heterocycles. The maximum Gasteiger partial charge on any atom is 0.261 e.